The molecule has 2 heterocycles. The van der Waals surface area contributed by atoms with Crippen molar-refractivity contribution in [1.82, 2.24) is 4.90 Å². The van der Waals surface area contributed by atoms with E-state index in [2.05, 4.69) is 6.92 Å². The summed E-state index contributed by atoms with van der Waals surface area (Å²) < 4.78 is 11.1. The van der Waals surface area contributed by atoms with Crippen LogP contribution >= 0.6 is 0 Å². The van der Waals surface area contributed by atoms with Crippen molar-refractivity contribution in [3.05, 3.63) is 0 Å². The maximum atomic E-state index is 12.0. The van der Waals surface area contributed by atoms with E-state index < -0.39 is 0 Å². The van der Waals surface area contributed by atoms with E-state index in [-0.39, 0.29) is 18.4 Å². The number of rotatable bonds is 4. The molecule has 0 aromatic heterocycles. The lowest BCUT2D eigenvalue weighted by atomic mass is 9.93. The van der Waals surface area contributed by atoms with Crippen molar-refractivity contribution < 1.29 is 14.3 Å². The summed E-state index contributed by atoms with van der Waals surface area (Å²) in [5, 5.41) is 0. The molecule has 17 heavy (non-hydrogen) atoms. The predicted molar refractivity (Wildman–Crippen MR) is 64.7 cm³/mol. The molecule has 2 rings (SSSR count). The minimum atomic E-state index is -0.169. The molecule has 0 bridgehead atoms. The van der Waals surface area contributed by atoms with Crippen molar-refractivity contribution >= 4 is 6.09 Å². The molecule has 0 spiro atoms. The van der Waals surface area contributed by atoms with Gasteiger partial charge in [0, 0.05) is 19.1 Å². The van der Waals surface area contributed by atoms with Gasteiger partial charge < -0.3 is 9.47 Å². The summed E-state index contributed by atoms with van der Waals surface area (Å²) in [5.74, 6) is 0. The van der Waals surface area contributed by atoms with Crippen LogP contribution in [0.15, 0.2) is 0 Å². The van der Waals surface area contributed by atoms with E-state index in [4.69, 9.17) is 9.47 Å². The number of fused-ring (bicyclic) bond motifs is 1. The Kier molecular flexibility index (Phi) is 4.26. The molecule has 4 nitrogen and oxygen atoms in total. The average Bonchev–Trinajstić information content (AvgIpc) is 2.29. The molecule has 2 saturated heterocycles. The third kappa shape index (κ3) is 2.73. The minimum absolute atomic E-state index is 0.0613. The number of carbonyl (C=O) groups excluding carboxylic acids is 1. The molecular weight excluding hydrogens is 218 g/mol. The highest BCUT2D eigenvalue weighted by molar-refractivity contribution is 5.69. The normalized spacial score (nSPS) is 33.2. The molecule has 2 aliphatic rings. The fourth-order valence-electron chi connectivity index (χ4n) is 2.95. The number of amides is 1. The monoisotopic (exact) mass is 241 g/mol. The third-order valence-corrected chi connectivity index (χ3v) is 3.68. The van der Waals surface area contributed by atoms with Crippen molar-refractivity contribution in [2.75, 3.05) is 6.61 Å². The summed E-state index contributed by atoms with van der Waals surface area (Å²) in [6.45, 7) is 4.75. The van der Waals surface area contributed by atoms with Crippen LogP contribution in [0.25, 0.3) is 0 Å². The molecule has 0 aromatic carbocycles. The maximum absolute atomic E-state index is 12.0. The summed E-state index contributed by atoms with van der Waals surface area (Å²) in [6, 6.07) is 0.332. The molecular formula is C13H23NO3. The Morgan fingerprint density at radius 1 is 1.41 bits per heavy atom. The average molecular weight is 241 g/mol. The molecule has 2 fully saturated rings. The molecule has 0 aromatic rings. The van der Waals surface area contributed by atoms with Crippen LogP contribution in [-0.4, -0.2) is 36.0 Å². The van der Waals surface area contributed by atoms with Gasteiger partial charge in [-0.05, 0) is 32.6 Å². The SMILES string of the molecule is CCC[C@@H]1C[C@@H]2CCC[C@@H](OCC)N2C(=O)O1. The zero-order chi connectivity index (χ0) is 12.3. The molecule has 0 unspecified atom stereocenters. The van der Waals surface area contributed by atoms with Crippen LogP contribution in [-0.2, 0) is 9.47 Å². The Morgan fingerprint density at radius 2 is 2.24 bits per heavy atom. The van der Waals surface area contributed by atoms with Crippen LogP contribution in [0.4, 0.5) is 4.79 Å². The Bertz CT molecular complexity index is 267. The van der Waals surface area contributed by atoms with E-state index in [1.807, 2.05) is 11.8 Å². The van der Waals surface area contributed by atoms with Gasteiger partial charge in [-0.1, -0.05) is 13.3 Å². The Labute approximate surface area is 103 Å². The highest BCUT2D eigenvalue weighted by atomic mass is 16.6. The number of nitrogens with zero attached hydrogens (tertiary/aromatic N) is 1. The molecule has 98 valence electrons. The van der Waals surface area contributed by atoms with Gasteiger partial charge >= 0.3 is 6.09 Å². The quantitative estimate of drug-likeness (QED) is 0.759. The van der Waals surface area contributed by atoms with Crippen LogP contribution in [0.1, 0.15) is 52.4 Å². The number of hydrogen-bond acceptors (Lipinski definition) is 3. The van der Waals surface area contributed by atoms with Crippen LogP contribution in [0.2, 0.25) is 0 Å². The minimum Gasteiger partial charge on any atom is -0.446 e. The fourth-order valence-corrected chi connectivity index (χ4v) is 2.95. The van der Waals surface area contributed by atoms with E-state index >= 15 is 0 Å². The first-order chi connectivity index (χ1) is 8.26. The van der Waals surface area contributed by atoms with Gasteiger partial charge in [-0.25, -0.2) is 4.79 Å². The van der Waals surface area contributed by atoms with E-state index in [0.717, 1.165) is 38.5 Å². The van der Waals surface area contributed by atoms with Crippen LogP contribution in [0, 0.1) is 0 Å². The molecule has 0 saturated carbocycles. The highest BCUT2D eigenvalue weighted by Gasteiger charge is 2.41. The second kappa shape index (κ2) is 5.71. The van der Waals surface area contributed by atoms with Crippen molar-refractivity contribution in [3.8, 4) is 0 Å². The van der Waals surface area contributed by atoms with Gasteiger partial charge in [0.1, 0.15) is 12.3 Å². The van der Waals surface area contributed by atoms with Gasteiger partial charge in [0.05, 0.1) is 0 Å². The van der Waals surface area contributed by atoms with Crippen LogP contribution < -0.4 is 0 Å². The third-order valence-electron chi connectivity index (χ3n) is 3.68. The van der Waals surface area contributed by atoms with Crippen LogP contribution in [0.5, 0.6) is 0 Å². The number of ether oxygens (including phenoxy) is 2. The second-order valence-corrected chi connectivity index (χ2v) is 4.93. The summed E-state index contributed by atoms with van der Waals surface area (Å²) in [6.07, 6.45) is 6.10. The molecule has 3 atom stereocenters. The Hall–Kier alpha value is -0.770. The number of carbonyl (C=O) groups is 1. The first-order valence-corrected chi connectivity index (χ1v) is 6.86. The van der Waals surface area contributed by atoms with Crippen molar-refractivity contribution in [1.29, 1.82) is 0 Å². The predicted octanol–water partition coefficient (Wildman–Crippen LogP) is 2.91. The number of cyclic esters (lactones) is 1. The molecule has 0 radical (unpaired) electrons. The molecule has 0 N–H and O–H groups in total. The Morgan fingerprint density at radius 3 is 2.94 bits per heavy atom. The zero-order valence-corrected chi connectivity index (χ0v) is 10.9. The first kappa shape index (κ1) is 12.7. The second-order valence-electron chi connectivity index (χ2n) is 4.93. The van der Waals surface area contributed by atoms with E-state index in [9.17, 15) is 4.79 Å². The fraction of sp³-hybridized carbons (Fsp3) is 0.923. The van der Waals surface area contributed by atoms with Gasteiger partial charge in [-0.15, -0.1) is 0 Å². The zero-order valence-electron chi connectivity index (χ0n) is 10.9. The molecule has 0 aliphatic carbocycles. The molecule has 4 heteroatoms. The van der Waals surface area contributed by atoms with E-state index in [1.165, 1.54) is 0 Å². The van der Waals surface area contributed by atoms with Gasteiger partial charge in [0.2, 0.25) is 0 Å². The maximum Gasteiger partial charge on any atom is 0.412 e. The van der Waals surface area contributed by atoms with E-state index in [0.29, 0.717) is 12.6 Å². The summed E-state index contributed by atoms with van der Waals surface area (Å²) in [5.41, 5.74) is 0. The number of hydrogen-bond donors (Lipinski definition) is 0. The standard InChI is InChI=1S/C13H23NO3/c1-3-6-11-9-10-7-5-8-12(16-4-2)14(10)13(15)17-11/h10-12H,3-9H2,1-2H3/t10-,11+,12+/m0/s1. The highest BCUT2D eigenvalue weighted by Crippen LogP contribution is 2.32. The van der Waals surface area contributed by atoms with Crippen molar-refractivity contribution in [2.24, 2.45) is 0 Å². The number of piperidine rings is 1. The molecule has 2 aliphatic heterocycles. The largest absolute Gasteiger partial charge is 0.446 e. The van der Waals surface area contributed by atoms with Gasteiger partial charge in [0.15, 0.2) is 0 Å². The van der Waals surface area contributed by atoms with Crippen molar-refractivity contribution in [3.63, 3.8) is 0 Å². The summed E-state index contributed by atoms with van der Waals surface area (Å²) in [7, 11) is 0. The summed E-state index contributed by atoms with van der Waals surface area (Å²) >= 11 is 0. The van der Waals surface area contributed by atoms with Gasteiger partial charge in [0.25, 0.3) is 0 Å². The van der Waals surface area contributed by atoms with Gasteiger partial charge in [-0.2, -0.15) is 0 Å². The lowest BCUT2D eigenvalue weighted by Gasteiger charge is -2.45. The lowest BCUT2D eigenvalue weighted by Crippen LogP contribution is -2.56. The summed E-state index contributed by atoms with van der Waals surface area (Å²) in [4.78, 5) is 13.9. The van der Waals surface area contributed by atoms with E-state index in [1.54, 1.807) is 0 Å². The Balaban J connectivity index is 2.02. The smallest absolute Gasteiger partial charge is 0.412 e. The first-order valence-electron chi connectivity index (χ1n) is 6.86. The topological polar surface area (TPSA) is 38.8 Å². The van der Waals surface area contributed by atoms with Gasteiger partial charge in [-0.3, -0.25) is 4.90 Å². The molecule has 1 amide bonds. The van der Waals surface area contributed by atoms with Crippen molar-refractivity contribution in [2.45, 2.75) is 70.7 Å². The van der Waals surface area contributed by atoms with Crippen LogP contribution in [0.3, 0.4) is 0 Å². The lowest BCUT2D eigenvalue weighted by molar-refractivity contribution is -0.120.